The van der Waals surface area contributed by atoms with Gasteiger partial charge in [-0.25, -0.2) is 0 Å². The van der Waals surface area contributed by atoms with Gasteiger partial charge < -0.3 is 30.3 Å². The van der Waals surface area contributed by atoms with Gasteiger partial charge in [0.05, 0.1) is 12.6 Å². The minimum atomic E-state index is -1.22. The van der Waals surface area contributed by atoms with Crippen LogP contribution in [0.15, 0.2) is 30.3 Å². The second-order valence-corrected chi connectivity index (χ2v) is 5.35. The minimum Gasteiger partial charge on any atom is -0.388 e. The van der Waals surface area contributed by atoms with Crippen molar-refractivity contribution in [2.24, 2.45) is 0 Å². The van der Waals surface area contributed by atoms with Crippen molar-refractivity contribution in [2.75, 3.05) is 11.9 Å². The van der Waals surface area contributed by atoms with Crippen molar-refractivity contribution < 1.29 is 20.1 Å². The van der Waals surface area contributed by atoms with Crippen molar-refractivity contribution in [3.8, 4) is 0 Å². The molecule has 0 radical (unpaired) electrons. The maximum absolute atomic E-state index is 10.0. The van der Waals surface area contributed by atoms with E-state index in [0.29, 0.717) is 5.11 Å². The predicted molar refractivity (Wildman–Crippen MR) is 76.1 cm³/mol. The average Bonchev–Trinajstić information content (AvgIpc) is 2.86. The van der Waals surface area contributed by atoms with Crippen LogP contribution < -0.4 is 5.32 Å². The number of rotatable bonds is 1. The number of hydrogen-bond acceptors (Lipinski definition) is 5. The lowest BCUT2D eigenvalue weighted by Gasteiger charge is -2.42. The third-order valence-corrected chi connectivity index (χ3v) is 4.03. The molecule has 2 heterocycles. The van der Waals surface area contributed by atoms with Gasteiger partial charge in [-0.3, -0.25) is 0 Å². The summed E-state index contributed by atoms with van der Waals surface area (Å²) in [7, 11) is 0. The molecule has 4 N–H and O–H groups in total. The molecule has 2 aliphatic heterocycles. The van der Waals surface area contributed by atoms with E-state index in [9.17, 15) is 15.3 Å². The normalized spacial score (nSPS) is 36.0. The van der Waals surface area contributed by atoms with E-state index in [1.165, 1.54) is 0 Å². The molecule has 1 aromatic carbocycles. The zero-order chi connectivity index (χ0) is 14.3. The van der Waals surface area contributed by atoms with Crippen LogP contribution in [0.4, 0.5) is 5.69 Å². The maximum Gasteiger partial charge on any atom is 0.175 e. The van der Waals surface area contributed by atoms with Gasteiger partial charge in [-0.15, -0.1) is 0 Å². The van der Waals surface area contributed by atoms with Crippen LogP contribution >= 0.6 is 12.2 Å². The molecule has 2 saturated heterocycles. The predicted octanol–water partition coefficient (Wildman–Crippen LogP) is -0.493. The summed E-state index contributed by atoms with van der Waals surface area (Å²) in [5, 5.41) is 33.1. The Kier molecular flexibility index (Phi) is 3.61. The number of anilines is 1. The molecule has 0 aromatic heterocycles. The summed E-state index contributed by atoms with van der Waals surface area (Å²) in [6.07, 6.45) is -4.25. The summed E-state index contributed by atoms with van der Waals surface area (Å²) in [6.45, 7) is 0.219. The Labute approximate surface area is 121 Å². The van der Waals surface area contributed by atoms with E-state index >= 15 is 0 Å². The van der Waals surface area contributed by atoms with E-state index in [-0.39, 0.29) is 6.61 Å². The van der Waals surface area contributed by atoms with Crippen molar-refractivity contribution >= 4 is 23.0 Å². The SMILES string of the molecule is O[C@@H]1[C@@H](O)[C@H]2OC[C@@H]([C@H]1O)N2C(=S)Nc1ccccc1. The first-order valence-electron chi connectivity index (χ1n) is 6.40. The lowest BCUT2D eigenvalue weighted by Crippen LogP contribution is -2.64. The van der Waals surface area contributed by atoms with E-state index in [1.54, 1.807) is 4.90 Å². The lowest BCUT2D eigenvalue weighted by molar-refractivity contribution is -0.154. The molecule has 2 fully saturated rings. The summed E-state index contributed by atoms with van der Waals surface area (Å²) >= 11 is 5.33. The first-order valence-corrected chi connectivity index (χ1v) is 6.80. The van der Waals surface area contributed by atoms with Gasteiger partial charge in [0.2, 0.25) is 0 Å². The maximum atomic E-state index is 10.0. The molecular weight excluding hydrogens is 280 g/mol. The molecule has 0 saturated carbocycles. The number of thiocarbonyl (C=S) groups is 1. The standard InChI is InChI=1S/C13H16N2O4S/c16-9-8-6-19-12(11(18)10(9)17)15(8)13(20)14-7-4-2-1-3-5-7/h1-5,8-12,16-18H,6H2,(H,14,20)/t8-,9+,10-,11+,12+/m0/s1. The zero-order valence-electron chi connectivity index (χ0n) is 10.6. The van der Waals surface area contributed by atoms with Crippen LogP contribution in [-0.2, 0) is 4.74 Å². The van der Waals surface area contributed by atoms with Gasteiger partial charge in [0.15, 0.2) is 11.3 Å². The van der Waals surface area contributed by atoms with E-state index < -0.39 is 30.6 Å². The summed E-state index contributed by atoms with van der Waals surface area (Å²) in [6, 6.07) is 8.91. The highest BCUT2D eigenvalue weighted by Gasteiger charge is 2.53. The largest absolute Gasteiger partial charge is 0.388 e. The Balaban J connectivity index is 1.78. The topological polar surface area (TPSA) is 85.2 Å². The molecule has 5 atom stereocenters. The van der Waals surface area contributed by atoms with Gasteiger partial charge in [-0.1, -0.05) is 18.2 Å². The van der Waals surface area contributed by atoms with Gasteiger partial charge in [0.25, 0.3) is 0 Å². The first kappa shape index (κ1) is 13.7. The number of fused-ring (bicyclic) bond motifs is 2. The molecule has 2 aliphatic rings. The molecule has 108 valence electrons. The van der Waals surface area contributed by atoms with Crippen LogP contribution in [0.5, 0.6) is 0 Å². The van der Waals surface area contributed by atoms with E-state index in [2.05, 4.69) is 5.32 Å². The number of para-hydroxylation sites is 1. The summed E-state index contributed by atoms with van der Waals surface area (Å²) in [4.78, 5) is 1.62. The van der Waals surface area contributed by atoms with Crippen LogP contribution in [0.2, 0.25) is 0 Å². The Bertz CT molecular complexity index is 482. The monoisotopic (exact) mass is 296 g/mol. The summed E-state index contributed by atoms with van der Waals surface area (Å²) in [5.74, 6) is 0. The van der Waals surface area contributed by atoms with E-state index in [1.807, 2.05) is 30.3 Å². The smallest absolute Gasteiger partial charge is 0.175 e. The molecule has 0 unspecified atom stereocenters. The Morgan fingerprint density at radius 2 is 1.85 bits per heavy atom. The molecular formula is C13H16N2O4S. The number of aliphatic hydroxyl groups is 3. The number of hydrogen-bond donors (Lipinski definition) is 4. The number of benzene rings is 1. The molecule has 0 spiro atoms. The molecule has 6 nitrogen and oxygen atoms in total. The molecule has 7 heteroatoms. The van der Waals surface area contributed by atoms with Gasteiger partial charge in [0.1, 0.15) is 18.3 Å². The summed E-state index contributed by atoms with van der Waals surface area (Å²) < 4.78 is 5.43. The third-order valence-electron chi connectivity index (χ3n) is 3.71. The Hall–Kier alpha value is -1.25. The van der Waals surface area contributed by atoms with Gasteiger partial charge >= 0.3 is 0 Å². The number of nitrogens with zero attached hydrogens (tertiary/aromatic N) is 1. The lowest BCUT2D eigenvalue weighted by atomic mass is 9.95. The van der Waals surface area contributed by atoms with Crippen LogP contribution in [0.1, 0.15) is 0 Å². The van der Waals surface area contributed by atoms with Crippen molar-refractivity contribution in [3.63, 3.8) is 0 Å². The fraction of sp³-hybridized carbons (Fsp3) is 0.462. The fourth-order valence-electron chi connectivity index (χ4n) is 2.65. The van der Waals surface area contributed by atoms with Gasteiger partial charge in [-0.05, 0) is 24.4 Å². The zero-order valence-corrected chi connectivity index (χ0v) is 11.4. The number of aliphatic hydroxyl groups excluding tert-OH is 3. The van der Waals surface area contributed by atoms with Crippen LogP contribution in [0, 0.1) is 0 Å². The van der Waals surface area contributed by atoms with E-state index in [4.69, 9.17) is 17.0 Å². The fourth-order valence-corrected chi connectivity index (χ4v) is 3.00. The quantitative estimate of drug-likeness (QED) is 0.520. The molecule has 0 aliphatic carbocycles. The highest BCUT2D eigenvalue weighted by Crippen LogP contribution is 2.32. The summed E-state index contributed by atoms with van der Waals surface area (Å²) in [5.41, 5.74) is 0.812. The Morgan fingerprint density at radius 1 is 1.15 bits per heavy atom. The molecule has 2 bridgehead atoms. The number of nitrogens with one attached hydrogen (secondary N) is 1. The number of ether oxygens (including phenoxy) is 1. The van der Waals surface area contributed by atoms with Crippen molar-refractivity contribution in [1.29, 1.82) is 0 Å². The second kappa shape index (κ2) is 5.27. The Morgan fingerprint density at radius 3 is 2.55 bits per heavy atom. The average molecular weight is 296 g/mol. The van der Waals surface area contributed by atoms with Crippen LogP contribution in [0.25, 0.3) is 0 Å². The van der Waals surface area contributed by atoms with Crippen LogP contribution in [-0.4, -0.2) is 62.5 Å². The first-order chi connectivity index (χ1) is 9.59. The van der Waals surface area contributed by atoms with Gasteiger partial charge in [0, 0.05) is 5.69 Å². The van der Waals surface area contributed by atoms with Gasteiger partial charge in [-0.2, -0.15) is 0 Å². The minimum absolute atomic E-state index is 0.219. The molecule has 1 aromatic rings. The van der Waals surface area contributed by atoms with Crippen molar-refractivity contribution in [3.05, 3.63) is 30.3 Å². The van der Waals surface area contributed by atoms with Crippen molar-refractivity contribution in [2.45, 2.75) is 30.6 Å². The third kappa shape index (κ3) is 2.17. The second-order valence-electron chi connectivity index (χ2n) is 4.97. The van der Waals surface area contributed by atoms with Crippen LogP contribution in [0.3, 0.4) is 0 Å². The molecule has 3 rings (SSSR count). The molecule has 0 amide bonds. The highest BCUT2D eigenvalue weighted by molar-refractivity contribution is 7.80. The number of piperidine rings is 1. The van der Waals surface area contributed by atoms with E-state index in [0.717, 1.165) is 5.69 Å². The highest BCUT2D eigenvalue weighted by atomic mass is 32.1. The molecule has 20 heavy (non-hydrogen) atoms. The van der Waals surface area contributed by atoms with Crippen molar-refractivity contribution in [1.82, 2.24) is 4.90 Å².